The van der Waals surface area contributed by atoms with Gasteiger partial charge in [-0.3, -0.25) is 4.79 Å². The fraction of sp³-hybridized carbons (Fsp3) is 0.125. The van der Waals surface area contributed by atoms with Crippen LogP contribution in [0.15, 0.2) is 60.7 Å². The highest BCUT2D eigenvalue weighted by Gasteiger charge is 2.11. The van der Waals surface area contributed by atoms with Crippen molar-refractivity contribution in [3.05, 3.63) is 82.5 Å². The number of amides is 1. The van der Waals surface area contributed by atoms with Crippen LogP contribution in [0.5, 0.6) is 5.88 Å². The standard InChI is InChI=1S/C24H20ClN3O2/c1-14-4-10-19(15(2)12-14)16-5-7-17(8-6-16)23(29)26-18-9-11-20-21(13-18)28-24(30-3)22(25)27-20/h4-13H,1-3H3,(H,26,29). The number of anilines is 1. The van der Waals surface area contributed by atoms with Crippen molar-refractivity contribution in [2.75, 3.05) is 12.4 Å². The van der Waals surface area contributed by atoms with Gasteiger partial charge in [0.25, 0.3) is 11.8 Å². The van der Waals surface area contributed by atoms with Crippen molar-refractivity contribution in [1.82, 2.24) is 9.97 Å². The van der Waals surface area contributed by atoms with Gasteiger partial charge in [-0.2, -0.15) is 0 Å². The Balaban J connectivity index is 1.55. The van der Waals surface area contributed by atoms with E-state index in [1.807, 2.05) is 24.3 Å². The molecule has 5 nitrogen and oxygen atoms in total. The van der Waals surface area contributed by atoms with E-state index >= 15 is 0 Å². The number of hydrogen-bond donors (Lipinski definition) is 1. The van der Waals surface area contributed by atoms with Gasteiger partial charge in [0, 0.05) is 11.3 Å². The molecule has 0 aliphatic carbocycles. The van der Waals surface area contributed by atoms with Gasteiger partial charge in [0.05, 0.1) is 18.1 Å². The Kier molecular flexibility index (Phi) is 5.38. The first kappa shape index (κ1) is 19.9. The molecule has 0 aliphatic heterocycles. The van der Waals surface area contributed by atoms with E-state index in [1.54, 1.807) is 18.2 Å². The van der Waals surface area contributed by atoms with E-state index in [9.17, 15) is 4.79 Å². The molecule has 1 amide bonds. The summed E-state index contributed by atoms with van der Waals surface area (Å²) < 4.78 is 5.11. The Bertz CT molecular complexity index is 1250. The zero-order valence-corrected chi connectivity index (χ0v) is 17.6. The van der Waals surface area contributed by atoms with Crippen LogP contribution in [0.1, 0.15) is 21.5 Å². The van der Waals surface area contributed by atoms with Gasteiger partial charge in [-0.25, -0.2) is 9.97 Å². The number of nitrogens with zero attached hydrogens (tertiary/aromatic N) is 2. The van der Waals surface area contributed by atoms with Crippen LogP contribution < -0.4 is 10.1 Å². The monoisotopic (exact) mass is 417 g/mol. The van der Waals surface area contributed by atoms with Crippen LogP contribution in [0.3, 0.4) is 0 Å². The smallest absolute Gasteiger partial charge is 0.255 e. The number of nitrogens with one attached hydrogen (secondary N) is 1. The highest BCUT2D eigenvalue weighted by molar-refractivity contribution is 6.31. The summed E-state index contributed by atoms with van der Waals surface area (Å²) in [5.41, 5.74) is 7.07. The lowest BCUT2D eigenvalue weighted by Gasteiger charge is -2.10. The SMILES string of the molecule is COc1nc2cc(NC(=O)c3ccc(-c4ccc(C)cc4C)cc3)ccc2nc1Cl. The molecule has 0 atom stereocenters. The predicted molar refractivity (Wildman–Crippen MR) is 120 cm³/mol. The zero-order valence-electron chi connectivity index (χ0n) is 16.9. The first-order chi connectivity index (χ1) is 14.4. The molecule has 0 saturated carbocycles. The van der Waals surface area contributed by atoms with Crippen LogP contribution >= 0.6 is 11.6 Å². The van der Waals surface area contributed by atoms with Gasteiger partial charge in [0.15, 0.2) is 5.15 Å². The summed E-state index contributed by atoms with van der Waals surface area (Å²) in [4.78, 5) is 21.3. The second-order valence-corrected chi connectivity index (χ2v) is 7.44. The van der Waals surface area contributed by atoms with Gasteiger partial charge in [0.1, 0.15) is 0 Å². The van der Waals surface area contributed by atoms with E-state index in [0.717, 1.165) is 11.1 Å². The number of aromatic nitrogens is 2. The first-order valence-corrected chi connectivity index (χ1v) is 9.83. The van der Waals surface area contributed by atoms with Crippen molar-refractivity contribution < 1.29 is 9.53 Å². The minimum atomic E-state index is -0.199. The number of aryl methyl sites for hydroxylation is 2. The third-order valence-corrected chi connectivity index (χ3v) is 5.13. The molecule has 6 heteroatoms. The molecule has 0 unspecified atom stereocenters. The average Bonchev–Trinajstić information content (AvgIpc) is 2.73. The molecule has 1 aromatic heterocycles. The van der Waals surface area contributed by atoms with Crippen molar-refractivity contribution in [2.45, 2.75) is 13.8 Å². The Morgan fingerprint density at radius 1 is 0.933 bits per heavy atom. The van der Waals surface area contributed by atoms with E-state index in [0.29, 0.717) is 22.3 Å². The highest BCUT2D eigenvalue weighted by Crippen LogP contribution is 2.26. The summed E-state index contributed by atoms with van der Waals surface area (Å²) in [6.07, 6.45) is 0. The summed E-state index contributed by atoms with van der Waals surface area (Å²) >= 11 is 6.01. The second-order valence-electron chi connectivity index (χ2n) is 7.08. The molecule has 1 heterocycles. The van der Waals surface area contributed by atoms with E-state index in [2.05, 4.69) is 47.3 Å². The molecule has 1 N–H and O–H groups in total. The maximum Gasteiger partial charge on any atom is 0.255 e. The summed E-state index contributed by atoms with van der Waals surface area (Å²) in [7, 11) is 1.48. The molecule has 0 aliphatic rings. The molecule has 150 valence electrons. The fourth-order valence-corrected chi connectivity index (χ4v) is 3.58. The van der Waals surface area contributed by atoms with Crippen LogP contribution in [0.4, 0.5) is 5.69 Å². The third-order valence-electron chi connectivity index (χ3n) is 4.88. The molecular formula is C24H20ClN3O2. The Morgan fingerprint density at radius 2 is 1.70 bits per heavy atom. The molecule has 0 radical (unpaired) electrons. The number of benzene rings is 3. The summed E-state index contributed by atoms with van der Waals surface area (Å²) in [6, 6.07) is 19.2. The Hall–Kier alpha value is -3.44. The van der Waals surface area contributed by atoms with Gasteiger partial charge >= 0.3 is 0 Å². The lowest BCUT2D eigenvalue weighted by Crippen LogP contribution is -2.11. The van der Waals surface area contributed by atoms with Crippen LogP contribution in [0.25, 0.3) is 22.2 Å². The quantitative estimate of drug-likeness (QED) is 0.453. The van der Waals surface area contributed by atoms with Crippen molar-refractivity contribution in [3.8, 4) is 17.0 Å². The number of halogens is 1. The normalized spacial score (nSPS) is 10.8. The third kappa shape index (κ3) is 3.98. The van der Waals surface area contributed by atoms with Gasteiger partial charge < -0.3 is 10.1 Å². The lowest BCUT2D eigenvalue weighted by atomic mass is 9.98. The minimum Gasteiger partial charge on any atom is -0.479 e. The van der Waals surface area contributed by atoms with E-state index in [-0.39, 0.29) is 16.9 Å². The van der Waals surface area contributed by atoms with E-state index in [4.69, 9.17) is 16.3 Å². The van der Waals surface area contributed by atoms with E-state index < -0.39 is 0 Å². The second kappa shape index (κ2) is 8.13. The topological polar surface area (TPSA) is 64.1 Å². The molecule has 4 aromatic rings. The van der Waals surface area contributed by atoms with Gasteiger partial charge in [-0.05, 0) is 60.9 Å². The maximum atomic E-state index is 12.7. The van der Waals surface area contributed by atoms with Crippen molar-refractivity contribution in [3.63, 3.8) is 0 Å². The zero-order chi connectivity index (χ0) is 21.3. The van der Waals surface area contributed by atoms with Gasteiger partial charge in [-0.15, -0.1) is 0 Å². The number of hydrogen-bond acceptors (Lipinski definition) is 4. The number of methoxy groups -OCH3 is 1. The molecule has 4 rings (SSSR count). The Morgan fingerprint density at radius 3 is 2.40 bits per heavy atom. The van der Waals surface area contributed by atoms with Gasteiger partial charge in [0.2, 0.25) is 0 Å². The molecule has 0 fully saturated rings. The number of carbonyl (C=O) groups excluding carboxylic acids is 1. The summed E-state index contributed by atoms with van der Waals surface area (Å²) in [5.74, 6) is 0.0463. The Labute approximate surface area is 179 Å². The number of ether oxygens (including phenoxy) is 1. The molecular weight excluding hydrogens is 398 g/mol. The minimum absolute atomic E-state index is 0.199. The molecule has 0 bridgehead atoms. The van der Waals surface area contributed by atoms with Crippen LogP contribution in [0.2, 0.25) is 5.15 Å². The number of rotatable bonds is 4. The van der Waals surface area contributed by atoms with E-state index in [1.165, 1.54) is 18.2 Å². The molecule has 0 saturated heterocycles. The number of carbonyl (C=O) groups is 1. The van der Waals surface area contributed by atoms with Crippen LogP contribution in [-0.2, 0) is 0 Å². The molecule has 3 aromatic carbocycles. The van der Waals surface area contributed by atoms with Crippen LogP contribution in [0, 0.1) is 13.8 Å². The van der Waals surface area contributed by atoms with Gasteiger partial charge in [-0.1, -0.05) is 47.5 Å². The summed E-state index contributed by atoms with van der Waals surface area (Å²) in [6.45, 7) is 4.17. The largest absolute Gasteiger partial charge is 0.479 e. The number of fused-ring (bicyclic) bond motifs is 1. The van der Waals surface area contributed by atoms with Crippen molar-refractivity contribution >= 4 is 34.2 Å². The summed E-state index contributed by atoms with van der Waals surface area (Å²) in [5, 5.41) is 3.10. The van der Waals surface area contributed by atoms with Crippen LogP contribution in [-0.4, -0.2) is 23.0 Å². The predicted octanol–water partition coefficient (Wildman–Crippen LogP) is 5.83. The lowest BCUT2D eigenvalue weighted by molar-refractivity contribution is 0.102. The van der Waals surface area contributed by atoms with Crippen molar-refractivity contribution in [1.29, 1.82) is 0 Å². The molecule has 0 spiro atoms. The highest BCUT2D eigenvalue weighted by atomic mass is 35.5. The molecule has 30 heavy (non-hydrogen) atoms. The fourth-order valence-electron chi connectivity index (χ4n) is 3.37. The first-order valence-electron chi connectivity index (χ1n) is 9.45. The average molecular weight is 418 g/mol. The van der Waals surface area contributed by atoms with Crippen molar-refractivity contribution in [2.24, 2.45) is 0 Å². The maximum absolute atomic E-state index is 12.7.